The SMILES string of the molecule is Cc1ccc2c(Cl)c(C(=O)N3CCN(S(C)(=O)=O)CC3)sc2c1. The molecule has 0 unspecified atom stereocenters. The van der Waals surface area contributed by atoms with Crippen LogP contribution in [0.5, 0.6) is 0 Å². The first-order valence-electron chi connectivity index (χ1n) is 7.20. The molecule has 3 rings (SSSR count). The molecule has 1 aromatic heterocycles. The van der Waals surface area contributed by atoms with Crippen LogP contribution in [-0.4, -0.2) is 56.0 Å². The number of sulfonamides is 1. The molecule has 8 heteroatoms. The highest BCUT2D eigenvalue weighted by atomic mass is 35.5. The van der Waals surface area contributed by atoms with Crippen molar-refractivity contribution in [1.29, 1.82) is 0 Å². The van der Waals surface area contributed by atoms with Crippen molar-refractivity contribution >= 4 is 49.0 Å². The molecule has 0 spiro atoms. The van der Waals surface area contributed by atoms with Crippen LogP contribution in [0.3, 0.4) is 0 Å². The number of hydrogen-bond acceptors (Lipinski definition) is 4. The van der Waals surface area contributed by atoms with Gasteiger partial charge in [-0.3, -0.25) is 4.79 Å². The van der Waals surface area contributed by atoms with Crippen molar-refractivity contribution in [2.75, 3.05) is 32.4 Å². The van der Waals surface area contributed by atoms with Crippen LogP contribution in [-0.2, 0) is 10.0 Å². The lowest BCUT2D eigenvalue weighted by molar-refractivity contribution is 0.0703. The lowest BCUT2D eigenvalue weighted by Gasteiger charge is -2.33. The number of nitrogens with zero attached hydrogens (tertiary/aromatic N) is 2. The van der Waals surface area contributed by atoms with Gasteiger partial charge >= 0.3 is 0 Å². The standard InChI is InChI=1S/C15H17ClN2O3S2/c1-10-3-4-11-12(9-10)22-14(13(11)16)15(19)17-5-7-18(8-6-17)23(2,20)21/h3-4,9H,5-8H2,1-2H3. The van der Waals surface area contributed by atoms with Crippen LogP contribution < -0.4 is 0 Å². The average Bonchev–Trinajstić information content (AvgIpc) is 2.82. The number of benzene rings is 1. The first kappa shape index (κ1) is 16.7. The first-order valence-corrected chi connectivity index (χ1v) is 10.2. The molecule has 0 saturated carbocycles. The van der Waals surface area contributed by atoms with Crippen LogP contribution in [0.15, 0.2) is 18.2 Å². The van der Waals surface area contributed by atoms with E-state index < -0.39 is 10.0 Å². The predicted molar refractivity (Wildman–Crippen MR) is 93.9 cm³/mol. The van der Waals surface area contributed by atoms with Crippen LogP contribution in [0.1, 0.15) is 15.2 Å². The van der Waals surface area contributed by atoms with Gasteiger partial charge < -0.3 is 4.90 Å². The highest BCUT2D eigenvalue weighted by Gasteiger charge is 2.28. The number of rotatable bonds is 2. The zero-order chi connectivity index (χ0) is 16.8. The second-order valence-electron chi connectivity index (χ2n) is 5.70. The Kier molecular flexibility index (Phi) is 4.39. The highest BCUT2D eigenvalue weighted by Crippen LogP contribution is 2.36. The van der Waals surface area contributed by atoms with Gasteiger partial charge in [0, 0.05) is 36.3 Å². The van der Waals surface area contributed by atoms with Crippen molar-refractivity contribution in [2.45, 2.75) is 6.92 Å². The molecule has 1 fully saturated rings. The van der Waals surface area contributed by atoms with Gasteiger partial charge in [0.2, 0.25) is 10.0 Å². The predicted octanol–water partition coefficient (Wildman–Crippen LogP) is 2.58. The summed E-state index contributed by atoms with van der Waals surface area (Å²) in [6.07, 6.45) is 1.19. The van der Waals surface area contributed by atoms with E-state index in [1.165, 1.54) is 21.9 Å². The van der Waals surface area contributed by atoms with Crippen molar-refractivity contribution in [3.63, 3.8) is 0 Å². The monoisotopic (exact) mass is 372 g/mol. The van der Waals surface area contributed by atoms with E-state index in [9.17, 15) is 13.2 Å². The minimum absolute atomic E-state index is 0.123. The Balaban J connectivity index is 1.83. The molecule has 1 aliphatic heterocycles. The molecule has 2 aromatic rings. The van der Waals surface area contributed by atoms with E-state index in [4.69, 9.17) is 11.6 Å². The van der Waals surface area contributed by atoms with Crippen molar-refractivity contribution < 1.29 is 13.2 Å². The van der Waals surface area contributed by atoms with Crippen LogP contribution in [0.4, 0.5) is 0 Å². The Morgan fingerprint density at radius 3 is 2.48 bits per heavy atom. The molecule has 0 aliphatic carbocycles. The van der Waals surface area contributed by atoms with Gasteiger partial charge in [0.25, 0.3) is 5.91 Å². The Morgan fingerprint density at radius 1 is 1.22 bits per heavy atom. The number of carbonyl (C=O) groups excluding carboxylic acids is 1. The van der Waals surface area contributed by atoms with Gasteiger partial charge in [0.1, 0.15) is 4.88 Å². The maximum atomic E-state index is 12.7. The Hall–Kier alpha value is -1.15. The van der Waals surface area contributed by atoms with E-state index in [-0.39, 0.29) is 5.91 Å². The number of halogens is 1. The third kappa shape index (κ3) is 3.24. The second kappa shape index (κ2) is 6.05. The molecule has 1 saturated heterocycles. The number of piperazine rings is 1. The largest absolute Gasteiger partial charge is 0.335 e. The lowest BCUT2D eigenvalue weighted by Crippen LogP contribution is -2.50. The second-order valence-corrected chi connectivity index (χ2v) is 9.11. The van der Waals surface area contributed by atoms with Gasteiger partial charge in [-0.25, -0.2) is 8.42 Å². The van der Waals surface area contributed by atoms with Gasteiger partial charge in [0.15, 0.2) is 0 Å². The summed E-state index contributed by atoms with van der Waals surface area (Å²) in [5, 5.41) is 1.38. The maximum absolute atomic E-state index is 12.7. The summed E-state index contributed by atoms with van der Waals surface area (Å²) < 4.78 is 25.5. The molecule has 1 aliphatic rings. The van der Waals surface area contributed by atoms with E-state index in [1.54, 1.807) is 4.90 Å². The van der Waals surface area contributed by atoms with Gasteiger partial charge in [-0.15, -0.1) is 11.3 Å². The van der Waals surface area contributed by atoms with Crippen molar-refractivity contribution in [1.82, 2.24) is 9.21 Å². The molecule has 2 heterocycles. The molecule has 5 nitrogen and oxygen atoms in total. The number of thiophene rings is 1. The first-order chi connectivity index (χ1) is 10.8. The minimum Gasteiger partial charge on any atom is -0.335 e. The number of aryl methyl sites for hydroxylation is 1. The van der Waals surface area contributed by atoms with E-state index in [2.05, 4.69) is 0 Å². The third-order valence-corrected chi connectivity index (χ3v) is 6.92. The highest BCUT2D eigenvalue weighted by molar-refractivity contribution is 7.88. The summed E-state index contributed by atoms with van der Waals surface area (Å²) in [5.41, 5.74) is 1.12. The van der Waals surface area contributed by atoms with Crippen molar-refractivity contribution in [2.24, 2.45) is 0 Å². The molecule has 1 aromatic carbocycles. The normalized spacial score (nSPS) is 16.9. The smallest absolute Gasteiger partial charge is 0.265 e. The summed E-state index contributed by atoms with van der Waals surface area (Å²) >= 11 is 7.77. The van der Waals surface area contributed by atoms with Gasteiger partial charge in [-0.05, 0) is 18.6 Å². The fourth-order valence-corrected chi connectivity index (χ4v) is 5.08. The number of carbonyl (C=O) groups is 1. The Bertz CT molecular complexity index is 868. The molecule has 0 atom stereocenters. The zero-order valence-electron chi connectivity index (χ0n) is 12.9. The Morgan fingerprint density at radius 2 is 1.87 bits per heavy atom. The van der Waals surface area contributed by atoms with Gasteiger partial charge in [-0.2, -0.15) is 4.31 Å². The lowest BCUT2D eigenvalue weighted by atomic mass is 10.2. The topological polar surface area (TPSA) is 57.7 Å². The fraction of sp³-hybridized carbons (Fsp3) is 0.400. The molecule has 1 amide bonds. The molecule has 0 radical (unpaired) electrons. The van der Waals surface area contributed by atoms with Crippen LogP contribution >= 0.6 is 22.9 Å². The van der Waals surface area contributed by atoms with Gasteiger partial charge in [-0.1, -0.05) is 23.7 Å². The molecular weight excluding hydrogens is 356 g/mol. The van der Waals surface area contributed by atoms with E-state index in [1.807, 2.05) is 25.1 Å². The number of fused-ring (bicyclic) bond motifs is 1. The summed E-state index contributed by atoms with van der Waals surface area (Å²) in [5.74, 6) is -0.123. The van der Waals surface area contributed by atoms with Crippen LogP contribution in [0.25, 0.3) is 10.1 Å². The van der Waals surface area contributed by atoms with Crippen LogP contribution in [0.2, 0.25) is 5.02 Å². The summed E-state index contributed by atoms with van der Waals surface area (Å²) in [7, 11) is -3.20. The van der Waals surface area contributed by atoms with E-state index in [0.717, 1.165) is 15.6 Å². The molecule has 124 valence electrons. The number of hydrogen-bond donors (Lipinski definition) is 0. The Labute approximate surface area is 144 Å². The summed E-state index contributed by atoms with van der Waals surface area (Å²) in [4.78, 5) is 14.9. The molecule has 0 N–H and O–H groups in total. The summed E-state index contributed by atoms with van der Waals surface area (Å²) in [6, 6.07) is 5.92. The molecule has 23 heavy (non-hydrogen) atoms. The van der Waals surface area contributed by atoms with E-state index >= 15 is 0 Å². The number of amides is 1. The van der Waals surface area contributed by atoms with Gasteiger partial charge in [0.05, 0.1) is 11.3 Å². The minimum atomic E-state index is -3.20. The van der Waals surface area contributed by atoms with E-state index in [0.29, 0.717) is 36.1 Å². The fourth-order valence-electron chi connectivity index (χ4n) is 2.68. The maximum Gasteiger partial charge on any atom is 0.265 e. The van der Waals surface area contributed by atoms with Crippen molar-refractivity contribution in [3.05, 3.63) is 33.7 Å². The zero-order valence-corrected chi connectivity index (χ0v) is 15.3. The van der Waals surface area contributed by atoms with Crippen molar-refractivity contribution in [3.8, 4) is 0 Å². The molecule has 0 bridgehead atoms. The average molecular weight is 373 g/mol. The summed E-state index contributed by atoms with van der Waals surface area (Å²) in [6.45, 7) is 3.42. The molecular formula is C15H17ClN2O3S2. The van der Waals surface area contributed by atoms with Crippen LogP contribution in [0, 0.1) is 6.92 Å². The quantitative estimate of drug-likeness (QED) is 0.814. The third-order valence-electron chi connectivity index (χ3n) is 3.97.